The summed E-state index contributed by atoms with van der Waals surface area (Å²) in [5.74, 6) is 0. The number of hydrogen-bond acceptors (Lipinski definition) is 0. The van der Waals surface area contributed by atoms with Gasteiger partial charge in [0.15, 0.2) is 0 Å². The first kappa shape index (κ1) is 34.0. The number of rotatable bonds is 8. The molecule has 9 aromatic carbocycles. The van der Waals surface area contributed by atoms with Gasteiger partial charge >= 0.3 is 0 Å². The monoisotopic (exact) mass is 716 g/mol. The van der Waals surface area contributed by atoms with Crippen LogP contribution in [0.25, 0.3) is 88.3 Å². The maximum atomic E-state index is 2.53. The van der Waals surface area contributed by atoms with E-state index in [1.807, 2.05) is 0 Å². The summed E-state index contributed by atoms with van der Waals surface area (Å²) in [5.41, 5.74) is 18.1. The van der Waals surface area contributed by atoms with E-state index in [4.69, 9.17) is 0 Å². The Morgan fingerprint density at radius 2 is 0.750 bits per heavy atom. The van der Waals surface area contributed by atoms with Crippen LogP contribution in [0.5, 0.6) is 0 Å². The summed E-state index contributed by atoms with van der Waals surface area (Å²) in [5, 5.41) is 5.14. The molecule has 0 amide bonds. The lowest BCUT2D eigenvalue weighted by Crippen LogP contribution is -2.20. The van der Waals surface area contributed by atoms with Gasteiger partial charge in [0, 0.05) is 5.41 Å². The zero-order chi connectivity index (χ0) is 37.6. The van der Waals surface area contributed by atoms with E-state index in [0.717, 1.165) is 6.42 Å². The lowest BCUT2D eigenvalue weighted by Gasteiger charge is -2.28. The van der Waals surface area contributed by atoms with Crippen LogP contribution < -0.4 is 0 Å². The molecule has 0 N–H and O–H groups in total. The van der Waals surface area contributed by atoms with E-state index in [9.17, 15) is 0 Å². The SMILES string of the molecule is CCCCC1(C)c2ccccc2-c2ccc(-c3c4ccccc4c(-c4ccc(-c5cc(-c6ccccc6)cc(-c6ccccc6)c5)cc4)c4ccccc34)cc21. The molecule has 268 valence electrons. The van der Waals surface area contributed by atoms with Crippen molar-refractivity contribution >= 4 is 21.5 Å². The van der Waals surface area contributed by atoms with Gasteiger partial charge in [-0.05, 0) is 130 Å². The molecule has 1 aliphatic rings. The average Bonchev–Trinajstić information content (AvgIpc) is 3.52. The molecule has 0 saturated heterocycles. The van der Waals surface area contributed by atoms with E-state index < -0.39 is 0 Å². The van der Waals surface area contributed by atoms with Gasteiger partial charge in [-0.1, -0.05) is 197 Å². The molecular formula is C56H44. The molecule has 0 spiro atoms. The first-order valence-electron chi connectivity index (χ1n) is 20.2. The van der Waals surface area contributed by atoms with Crippen molar-refractivity contribution in [3.05, 3.63) is 205 Å². The van der Waals surface area contributed by atoms with Gasteiger partial charge in [-0.3, -0.25) is 0 Å². The smallest absolute Gasteiger partial charge is 0.0187 e. The molecule has 56 heavy (non-hydrogen) atoms. The molecule has 1 aliphatic carbocycles. The Bertz CT molecular complexity index is 2770. The van der Waals surface area contributed by atoms with Gasteiger partial charge in [-0.25, -0.2) is 0 Å². The lowest BCUT2D eigenvalue weighted by molar-refractivity contribution is 0.504. The first-order chi connectivity index (χ1) is 27.6. The van der Waals surface area contributed by atoms with Crippen molar-refractivity contribution in [2.24, 2.45) is 0 Å². The number of unbranched alkanes of at least 4 members (excludes halogenated alkanes) is 1. The van der Waals surface area contributed by atoms with Crippen LogP contribution in [0.1, 0.15) is 44.2 Å². The topological polar surface area (TPSA) is 0 Å². The standard InChI is InChI=1S/C56H44/c1-3-4-33-56(2)52-26-16-15-21-46(52)47-32-31-42(37-53(47)56)55-50-24-13-11-22-48(50)54(49-23-12-14-25-51(49)55)41-29-27-40(28-30-41)45-35-43(38-17-7-5-8-18-38)34-44(36-45)39-19-9-6-10-20-39/h5-32,34-37H,3-4,33H2,1-2H3. The molecule has 10 rings (SSSR count). The summed E-state index contributed by atoms with van der Waals surface area (Å²) < 4.78 is 0. The van der Waals surface area contributed by atoms with Crippen molar-refractivity contribution in [3.8, 4) is 66.8 Å². The largest absolute Gasteiger partial charge is 0.0654 e. The molecule has 0 radical (unpaired) electrons. The molecule has 0 heteroatoms. The van der Waals surface area contributed by atoms with Crippen molar-refractivity contribution < 1.29 is 0 Å². The Morgan fingerprint density at radius 1 is 0.339 bits per heavy atom. The fraction of sp³-hybridized carbons (Fsp3) is 0.107. The summed E-state index contributed by atoms with van der Waals surface area (Å²) in [6.07, 6.45) is 3.55. The Balaban J connectivity index is 1.12. The second-order valence-corrected chi connectivity index (χ2v) is 15.7. The van der Waals surface area contributed by atoms with E-state index in [1.54, 1.807) is 0 Å². The molecule has 0 nitrogen and oxygen atoms in total. The summed E-state index contributed by atoms with van der Waals surface area (Å²) in [6, 6.07) is 72.1. The average molecular weight is 717 g/mol. The third-order valence-electron chi connectivity index (χ3n) is 12.3. The molecular weight excluding hydrogens is 673 g/mol. The molecule has 0 aliphatic heterocycles. The number of fused-ring (bicyclic) bond motifs is 5. The Morgan fingerprint density at radius 3 is 1.29 bits per heavy atom. The highest BCUT2D eigenvalue weighted by atomic mass is 14.4. The fourth-order valence-corrected chi connectivity index (χ4v) is 9.50. The summed E-state index contributed by atoms with van der Waals surface area (Å²) in [6.45, 7) is 4.78. The van der Waals surface area contributed by atoms with Gasteiger partial charge < -0.3 is 0 Å². The van der Waals surface area contributed by atoms with Crippen molar-refractivity contribution in [1.29, 1.82) is 0 Å². The highest BCUT2D eigenvalue weighted by molar-refractivity contribution is 6.21. The highest BCUT2D eigenvalue weighted by Gasteiger charge is 2.38. The van der Waals surface area contributed by atoms with Crippen LogP contribution in [-0.2, 0) is 5.41 Å². The second kappa shape index (κ2) is 14.0. The maximum absolute atomic E-state index is 2.53. The quantitative estimate of drug-likeness (QED) is 0.137. The predicted molar refractivity (Wildman–Crippen MR) is 240 cm³/mol. The van der Waals surface area contributed by atoms with E-state index in [2.05, 4.69) is 208 Å². The van der Waals surface area contributed by atoms with Gasteiger partial charge in [0.2, 0.25) is 0 Å². The first-order valence-corrected chi connectivity index (χ1v) is 20.2. The van der Waals surface area contributed by atoms with E-state index in [0.29, 0.717) is 0 Å². The summed E-state index contributed by atoms with van der Waals surface area (Å²) in [4.78, 5) is 0. The third kappa shape index (κ3) is 5.68. The Hall–Kier alpha value is -6.50. The van der Waals surface area contributed by atoms with Gasteiger partial charge in [-0.15, -0.1) is 0 Å². The Labute approximate surface area is 330 Å². The van der Waals surface area contributed by atoms with Crippen molar-refractivity contribution in [2.45, 2.75) is 38.5 Å². The van der Waals surface area contributed by atoms with Crippen molar-refractivity contribution in [3.63, 3.8) is 0 Å². The molecule has 1 atom stereocenters. The maximum Gasteiger partial charge on any atom is 0.0187 e. The number of benzene rings is 9. The zero-order valence-corrected chi connectivity index (χ0v) is 32.1. The predicted octanol–water partition coefficient (Wildman–Crippen LogP) is 15.8. The van der Waals surface area contributed by atoms with E-state index in [-0.39, 0.29) is 5.41 Å². The molecule has 0 fully saturated rings. The minimum atomic E-state index is -0.00624. The van der Waals surface area contributed by atoms with Crippen molar-refractivity contribution in [2.75, 3.05) is 0 Å². The zero-order valence-electron chi connectivity index (χ0n) is 32.1. The molecule has 0 bridgehead atoms. The molecule has 1 unspecified atom stereocenters. The minimum Gasteiger partial charge on any atom is -0.0654 e. The minimum absolute atomic E-state index is 0.00624. The van der Waals surface area contributed by atoms with E-state index >= 15 is 0 Å². The highest BCUT2D eigenvalue weighted by Crippen LogP contribution is 2.53. The second-order valence-electron chi connectivity index (χ2n) is 15.7. The summed E-state index contributed by atoms with van der Waals surface area (Å²) in [7, 11) is 0. The van der Waals surface area contributed by atoms with Crippen LogP contribution in [0.2, 0.25) is 0 Å². The molecule has 0 heterocycles. The van der Waals surface area contributed by atoms with Gasteiger partial charge in [-0.2, -0.15) is 0 Å². The van der Waals surface area contributed by atoms with Crippen LogP contribution in [0.15, 0.2) is 194 Å². The molecule has 9 aromatic rings. The van der Waals surface area contributed by atoms with Gasteiger partial charge in [0.25, 0.3) is 0 Å². The van der Waals surface area contributed by atoms with E-state index in [1.165, 1.54) is 112 Å². The van der Waals surface area contributed by atoms with Gasteiger partial charge in [0.05, 0.1) is 0 Å². The normalized spacial score (nSPS) is 14.5. The third-order valence-corrected chi connectivity index (χ3v) is 12.3. The van der Waals surface area contributed by atoms with Crippen LogP contribution in [0.4, 0.5) is 0 Å². The summed E-state index contributed by atoms with van der Waals surface area (Å²) >= 11 is 0. The number of hydrogen-bond donors (Lipinski definition) is 0. The van der Waals surface area contributed by atoms with Crippen LogP contribution >= 0.6 is 0 Å². The molecule has 0 aromatic heterocycles. The van der Waals surface area contributed by atoms with Gasteiger partial charge in [0.1, 0.15) is 0 Å². The Kier molecular flexibility index (Phi) is 8.49. The lowest BCUT2D eigenvalue weighted by atomic mass is 9.75. The molecule has 0 saturated carbocycles. The van der Waals surface area contributed by atoms with Crippen molar-refractivity contribution in [1.82, 2.24) is 0 Å². The van der Waals surface area contributed by atoms with Crippen LogP contribution in [-0.4, -0.2) is 0 Å². The van der Waals surface area contributed by atoms with Crippen LogP contribution in [0.3, 0.4) is 0 Å². The fourth-order valence-electron chi connectivity index (χ4n) is 9.50. The van der Waals surface area contributed by atoms with Crippen LogP contribution in [0, 0.1) is 0 Å².